The molecule has 0 heterocycles. The molecule has 0 aromatic carbocycles. The summed E-state index contributed by atoms with van der Waals surface area (Å²) >= 11 is 0. The van der Waals surface area contributed by atoms with Crippen molar-refractivity contribution in [2.24, 2.45) is 0 Å². The smallest absolute Gasteiger partial charge is 0.306 e. The number of ether oxygens (including phenoxy) is 3. The molecule has 0 amide bonds. The molecule has 0 aliphatic carbocycles. The predicted octanol–water partition coefficient (Wildman–Crippen LogP) is 22.7. The summed E-state index contributed by atoms with van der Waals surface area (Å²) in [6, 6.07) is 0. The van der Waals surface area contributed by atoms with Gasteiger partial charge in [0.05, 0.1) is 0 Å². The predicted molar refractivity (Wildman–Crippen MR) is 330 cm³/mol. The molecule has 6 heteroatoms. The summed E-state index contributed by atoms with van der Waals surface area (Å²) in [7, 11) is 0. The fourth-order valence-corrected chi connectivity index (χ4v) is 9.84. The molecule has 0 aliphatic rings. The van der Waals surface area contributed by atoms with Gasteiger partial charge in [-0.25, -0.2) is 0 Å². The second-order valence-electron chi connectivity index (χ2n) is 22.4. The average Bonchev–Trinajstić information content (AvgIpc) is 3.42. The van der Waals surface area contributed by atoms with Gasteiger partial charge in [-0.3, -0.25) is 14.4 Å². The molecular formula is C70H126O6. The molecular weight excluding hydrogens is 937 g/mol. The van der Waals surface area contributed by atoms with Crippen LogP contribution in [-0.4, -0.2) is 37.2 Å². The van der Waals surface area contributed by atoms with Crippen molar-refractivity contribution in [1.82, 2.24) is 0 Å². The van der Waals surface area contributed by atoms with Gasteiger partial charge in [-0.2, -0.15) is 0 Å². The van der Waals surface area contributed by atoms with E-state index in [0.29, 0.717) is 19.3 Å². The van der Waals surface area contributed by atoms with Crippen LogP contribution in [0, 0.1) is 0 Å². The zero-order valence-electron chi connectivity index (χ0n) is 50.8. The van der Waals surface area contributed by atoms with Crippen molar-refractivity contribution in [2.75, 3.05) is 13.2 Å². The lowest BCUT2D eigenvalue weighted by atomic mass is 10.0. The fraction of sp³-hybridized carbons (Fsp3) is 0.814. The highest BCUT2D eigenvalue weighted by molar-refractivity contribution is 5.71. The van der Waals surface area contributed by atoms with Crippen LogP contribution in [0.25, 0.3) is 0 Å². The van der Waals surface area contributed by atoms with E-state index >= 15 is 0 Å². The van der Waals surface area contributed by atoms with Crippen LogP contribution in [0.5, 0.6) is 0 Å². The van der Waals surface area contributed by atoms with E-state index < -0.39 is 6.10 Å². The second kappa shape index (κ2) is 64.6. The van der Waals surface area contributed by atoms with Crippen molar-refractivity contribution >= 4 is 17.9 Å². The van der Waals surface area contributed by atoms with Crippen molar-refractivity contribution < 1.29 is 28.6 Å². The number of carbonyl (C=O) groups excluding carboxylic acids is 3. The summed E-state index contributed by atoms with van der Waals surface area (Å²) in [4.78, 5) is 38.1. The Hall–Kier alpha value is -2.89. The third-order valence-corrected chi connectivity index (χ3v) is 14.8. The van der Waals surface area contributed by atoms with Crippen LogP contribution in [0.3, 0.4) is 0 Å². The van der Waals surface area contributed by atoms with Crippen molar-refractivity contribution in [3.8, 4) is 0 Å². The second-order valence-corrected chi connectivity index (χ2v) is 22.4. The lowest BCUT2D eigenvalue weighted by molar-refractivity contribution is -0.167. The molecule has 0 spiro atoms. The van der Waals surface area contributed by atoms with Crippen LogP contribution in [0.2, 0.25) is 0 Å². The van der Waals surface area contributed by atoms with Crippen LogP contribution in [-0.2, 0) is 28.6 Å². The number of carbonyl (C=O) groups is 3. The normalized spacial score (nSPS) is 12.4. The number of esters is 3. The lowest BCUT2D eigenvalue weighted by Crippen LogP contribution is -2.30. The quantitative estimate of drug-likeness (QED) is 0.0261. The first-order valence-corrected chi connectivity index (χ1v) is 33.3. The van der Waals surface area contributed by atoms with Gasteiger partial charge >= 0.3 is 17.9 Å². The van der Waals surface area contributed by atoms with E-state index in [1.807, 2.05) is 0 Å². The van der Waals surface area contributed by atoms with Crippen molar-refractivity contribution in [2.45, 2.75) is 354 Å². The molecule has 0 N–H and O–H groups in total. The van der Waals surface area contributed by atoms with Gasteiger partial charge in [0.1, 0.15) is 13.2 Å². The number of hydrogen-bond acceptors (Lipinski definition) is 6. The molecule has 0 saturated carbocycles. The maximum absolute atomic E-state index is 12.8. The molecule has 0 rings (SSSR count). The average molecular weight is 1060 g/mol. The highest BCUT2D eigenvalue weighted by Gasteiger charge is 2.19. The van der Waals surface area contributed by atoms with Crippen molar-refractivity contribution in [1.29, 1.82) is 0 Å². The molecule has 0 aromatic heterocycles. The van der Waals surface area contributed by atoms with E-state index in [2.05, 4.69) is 81.5 Å². The highest BCUT2D eigenvalue weighted by atomic mass is 16.6. The number of rotatable bonds is 61. The van der Waals surface area contributed by atoms with Gasteiger partial charge in [0, 0.05) is 19.3 Å². The van der Waals surface area contributed by atoms with Gasteiger partial charge in [0.2, 0.25) is 0 Å². The third kappa shape index (κ3) is 62.0. The maximum atomic E-state index is 12.8. The summed E-state index contributed by atoms with van der Waals surface area (Å²) in [6.07, 6.45) is 82.9. The van der Waals surface area contributed by atoms with E-state index in [0.717, 1.165) is 77.0 Å². The van der Waals surface area contributed by atoms with E-state index in [-0.39, 0.29) is 37.5 Å². The molecule has 1 unspecified atom stereocenters. The molecule has 442 valence electrons. The van der Waals surface area contributed by atoms with E-state index in [9.17, 15) is 14.4 Å². The molecule has 0 aliphatic heterocycles. The first kappa shape index (κ1) is 73.1. The maximum Gasteiger partial charge on any atom is 0.306 e. The minimum absolute atomic E-state index is 0.0932. The Bertz CT molecular complexity index is 1360. The molecule has 0 bridgehead atoms. The molecule has 1 atom stereocenters. The SMILES string of the molecule is CC/C=C\C/C=C\C/C=C\C/C=C\C/C=C\CCCC(=O)OC(COC(=O)CCCCCCCCCC)COC(=O)CCCCCCCCCCCCCCCCCCCCCCCCCCCCCCCCCCC. The zero-order valence-corrected chi connectivity index (χ0v) is 50.8. The third-order valence-electron chi connectivity index (χ3n) is 14.8. The van der Waals surface area contributed by atoms with Gasteiger partial charge in [-0.15, -0.1) is 0 Å². The lowest BCUT2D eigenvalue weighted by Gasteiger charge is -2.18. The van der Waals surface area contributed by atoms with Crippen LogP contribution in [0.15, 0.2) is 60.8 Å². The van der Waals surface area contributed by atoms with Gasteiger partial charge in [0.25, 0.3) is 0 Å². The monoisotopic (exact) mass is 1060 g/mol. The summed E-state index contributed by atoms with van der Waals surface area (Å²) in [6.45, 7) is 6.49. The standard InChI is InChI=1S/C70H126O6/c1-4-7-10-13-16-19-21-23-25-27-28-29-30-31-32-33-34-35-36-37-38-39-40-41-42-44-45-47-49-51-54-57-60-63-69(72)75-66-67(65-74-68(71)62-59-56-53-18-15-12-9-6-3)76-70(73)64-61-58-55-52-50-48-46-43-26-24-22-20-17-14-11-8-5-2/h8,11,17,20,24,26,46,48,52,55,67H,4-7,9-10,12-16,18-19,21-23,25,27-45,47,49-51,53-54,56-66H2,1-3H3/b11-8-,20-17-,26-24-,48-46-,55-52-. The first-order valence-electron chi connectivity index (χ1n) is 33.3. The van der Waals surface area contributed by atoms with Gasteiger partial charge < -0.3 is 14.2 Å². The number of allylic oxidation sites excluding steroid dienone is 10. The Kier molecular flexibility index (Phi) is 62.2. The zero-order chi connectivity index (χ0) is 55.0. The highest BCUT2D eigenvalue weighted by Crippen LogP contribution is 2.18. The summed E-state index contributed by atoms with van der Waals surface area (Å²) in [5, 5.41) is 0. The van der Waals surface area contributed by atoms with Gasteiger partial charge in [0.15, 0.2) is 6.10 Å². The Morgan fingerprint density at radius 1 is 0.276 bits per heavy atom. The van der Waals surface area contributed by atoms with Gasteiger partial charge in [-0.1, -0.05) is 332 Å². The Morgan fingerprint density at radius 3 is 0.789 bits per heavy atom. The Balaban J connectivity index is 4.03. The van der Waals surface area contributed by atoms with Crippen LogP contribution >= 0.6 is 0 Å². The largest absolute Gasteiger partial charge is 0.462 e. The Labute approximate surface area is 472 Å². The van der Waals surface area contributed by atoms with Crippen molar-refractivity contribution in [3.05, 3.63) is 60.8 Å². The molecule has 0 saturated heterocycles. The van der Waals surface area contributed by atoms with E-state index in [1.54, 1.807) is 0 Å². The van der Waals surface area contributed by atoms with E-state index in [1.165, 1.54) is 225 Å². The first-order chi connectivity index (χ1) is 37.5. The minimum atomic E-state index is -0.800. The summed E-state index contributed by atoms with van der Waals surface area (Å²) in [5.41, 5.74) is 0. The van der Waals surface area contributed by atoms with Crippen LogP contribution < -0.4 is 0 Å². The molecule has 0 radical (unpaired) electrons. The van der Waals surface area contributed by atoms with Gasteiger partial charge in [-0.05, 0) is 57.8 Å². The molecule has 6 nitrogen and oxygen atoms in total. The molecule has 0 aromatic rings. The topological polar surface area (TPSA) is 78.9 Å². The Morgan fingerprint density at radius 2 is 0.513 bits per heavy atom. The number of hydrogen-bond donors (Lipinski definition) is 0. The fourth-order valence-electron chi connectivity index (χ4n) is 9.84. The summed E-state index contributed by atoms with van der Waals surface area (Å²) in [5.74, 6) is -0.942. The molecule has 0 fully saturated rings. The van der Waals surface area contributed by atoms with Crippen LogP contribution in [0.1, 0.15) is 348 Å². The number of unbranched alkanes of at least 4 members (excludes halogenated alkanes) is 40. The van der Waals surface area contributed by atoms with Crippen molar-refractivity contribution in [3.63, 3.8) is 0 Å². The van der Waals surface area contributed by atoms with Crippen LogP contribution in [0.4, 0.5) is 0 Å². The molecule has 76 heavy (non-hydrogen) atoms. The summed E-state index contributed by atoms with van der Waals surface area (Å²) < 4.78 is 16.8. The minimum Gasteiger partial charge on any atom is -0.462 e. The van der Waals surface area contributed by atoms with E-state index in [4.69, 9.17) is 14.2 Å².